The molecule has 0 radical (unpaired) electrons. The van der Waals surface area contributed by atoms with Gasteiger partial charge in [0.05, 0.1) is 0 Å². The molecule has 6 heteroatoms. The maximum absolute atomic E-state index is 15.2. The van der Waals surface area contributed by atoms with Crippen molar-refractivity contribution in [2.75, 3.05) is 0 Å². The van der Waals surface area contributed by atoms with E-state index in [1.807, 2.05) is 12.1 Å². The monoisotopic (exact) mass is 508 g/mol. The van der Waals surface area contributed by atoms with Crippen molar-refractivity contribution < 1.29 is 26.7 Å². The quantitative estimate of drug-likeness (QED) is 0.131. The SMILES string of the molecule is CCCCCCc1ccc(C#Cc2ccc3c(F)c(-c4cc(F)c(OC(F)F)c(F)c4)ccc3c2)cc1. The molecule has 0 atom stereocenters. The molecular formula is C31H25F5O. The first kappa shape index (κ1) is 26.2. The van der Waals surface area contributed by atoms with Crippen LogP contribution in [0.25, 0.3) is 21.9 Å². The average molecular weight is 509 g/mol. The predicted molar refractivity (Wildman–Crippen MR) is 136 cm³/mol. The Balaban J connectivity index is 1.54. The summed E-state index contributed by atoms with van der Waals surface area (Å²) in [6.45, 7) is -1.19. The fourth-order valence-electron chi connectivity index (χ4n) is 4.16. The number of benzene rings is 4. The molecule has 37 heavy (non-hydrogen) atoms. The maximum atomic E-state index is 15.2. The molecule has 1 nitrogen and oxygen atoms in total. The Morgan fingerprint density at radius 2 is 1.43 bits per heavy atom. The second kappa shape index (κ2) is 11.9. The highest BCUT2D eigenvalue weighted by atomic mass is 19.3. The highest BCUT2D eigenvalue weighted by molar-refractivity contribution is 5.89. The Morgan fingerprint density at radius 3 is 2.11 bits per heavy atom. The fourth-order valence-corrected chi connectivity index (χ4v) is 4.16. The molecule has 4 aromatic rings. The molecule has 4 aromatic carbocycles. The number of alkyl halides is 2. The molecule has 0 aromatic heterocycles. The first-order valence-corrected chi connectivity index (χ1v) is 12.1. The van der Waals surface area contributed by atoms with Crippen molar-refractivity contribution in [1.29, 1.82) is 0 Å². The van der Waals surface area contributed by atoms with E-state index >= 15 is 4.39 Å². The van der Waals surface area contributed by atoms with Gasteiger partial charge in [-0.2, -0.15) is 8.78 Å². The standard InChI is InChI=1S/C31H25F5O/c1-2-3-4-5-6-20-7-9-21(10-8-20)11-12-22-13-15-25-23(17-22)14-16-26(29(25)34)24-18-27(32)30(28(33)19-24)37-31(35)36/h7-10,13-19,31H,2-6H2,1H3. The zero-order valence-corrected chi connectivity index (χ0v) is 20.3. The van der Waals surface area contributed by atoms with Gasteiger partial charge in [-0.05, 0) is 65.8 Å². The second-order valence-electron chi connectivity index (χ2n) is 8.77. The Kier molecular flexibility index (Phi) is 8.45. The lowest BCUT2D eigenvalue weighted by Gasteiger charge is -2.11. The number of ether oxygens (including phenoxy) is 1. The summed E-state index contributed by atoms with van der Waals surface area (Å²) < 4.78 is 72.2. The molecule has 190 valence electrons. The van der Waals surface area contributed by atoms with Crippen molar-refractivity contribution >= 4 is 10.8 Å². The average Bonchev–Trinajstić information content (AvgIpc) is 2.88. The van der Waals surface area contributed by atoms with Crippen LogP contribution in [0, 0.1) is 29.3 Å². The highest BCUT2D eigenvalue weighted by Crippen LogP contribution is 2.34. The summed E-state index contributed by atoms with van der Waals surface area (Å²) in [6.07, 6.45) is 5.93. The Labute approximate surface area is 212 Å². The van der Waals surface area contributed by atoms with Crippen molar-refractivity contribution in [3.63, 3.8) is 0 Å². The molecule has 0 aliphatic heterocycles. The van der Waals surface area contributed by atoms with Gasteiger partial charge in [0.25, 0.3) is 0 Å². The van der Waals surface area contributed by atoms with E-state index in [-0.39, 0.29) is 16.5 Å². The third-order valence-corrected chi connectivity index (χ3v) is 6.09. The van der Waals surface area contributed by atoms with E-state index in [1.54, 1.807) is 24.3 Å². The highest BCUT2D eigenvalue weighted by Gasteiger charge is 2.19. The zero-order valence-electron chi connectivity index (χ0n) is 20.3. The van der Waals surface area contributed by atoms with E-state index in [1.165, 1.54) is 37.3 Å². The van der Waals surface area contributed by atoms with Crippen LogP contribution in [0.5, 0.6) is 5.75 Å². The van der Waals surface area contributed by atoms with Crippen LogP contribution in [-0.4, -0.2) is 6.61 Å². The van der Waals surface area contributed by atoms with Crippen molar-refractivity contribution in [3.8, 4) is 28.7 Å². The van der Waals surface area contributed by atoms with E-state index in [2.05, 4.69) is 35.6 Å². The van der Waals surface area contributed by atoms with Crippen LogP contribution in [0.15, 0.2) is 66.7 Å². The third kappa shape index (κ3) is 6.48. The lowest BCUT2D eigenvalue weighted by atomic mass is 9.98. The minimum atomic E-state index is -3.38. The van der Waals surface area contributed by atoms with Gasteiger partial charge in [-0.25, -0.2) is 13.2 Å². The molecule has 0 saturated carbocycles. The lowest BCUT2D eigenvalue weighted by molar-refractivity contribution is -0.0546. The Hall–Kier alpha value is -3.85. The van der Waals surface area contributed by atoms with Crippen LogP contribution in [0.1, 0.15) is 49.3 Å². The van der Waals surface area contributed by atoms with Gasteiger partial charge in [-0.15, -0.1) is 0 Å². The van der Waals surface area contributed by atoms with Gasteiger partial charge < -0.3 is 4.74 Å². The number of aryl methyl sites for hydroxylation is 1. The van der Waals surface area contributed by atoms with Crippen molar-refractivity contribution in [2.24, 2.45) is 0 Å². The van der Waals surface area contributed by atoms with Crippen LogP contribution in [0.3, 0.4) is 0 Å². The number of fused-ring (bicyclic) bond motifs is 1. The van der Waals surface area contributed by atoms with E-state index < -0.39 is 29.8 Å². The topological polar surface area (TPSA) is 9.23 Å². The maximum Gasteiger partial charge on any atom is 0.387 e. The second-order valence-corrected chi connectivity index (χ2v) is 8.77. The number of hydrogen-bond acceptors (Lipinski definition) is 1. The van der Waals surface area contributed by atoms with Gasteiger partial charge in [0.15, 0.2) is 17.4 Å². The molecule has 0 aliphatic carbocycles. The number of rotatable bonds is 8. The van der Waals surface area contributed by atoms with Crippen LogP contribution < -0.4 is 4.74 Å². The number of hydrogen-bond donors (Lipinski definition) is 0. The zero-order chi connectivity index (χ0) is 26.4. The summed E-state index contributed by atoms with van der Waals surface area (Å²) in [7, 11) is 0. The van der Waals surface area contributed by atoms with Crippen LogP contribution in [0.2, 0.25) is 0 Å². The summed E-state index contributed by atoms with van der Waals surface area (Å²) in [6, 6.07) is 17.7. The van der Waals surface area contributed by atoms with Crippen molar-refractivity contribution in [2.45, 2.75) is 45.6 Å². The smallest absolute Gasteiger partial charge is 0.387 e. The van der Waals surface area contributed by atoms with E-state index in [0.717, 1.165) is 24.1 Å². The number of unbranched alkanes of at least 4 members (excludes halogenated alkanes) is 3. The molecule has 0 amide bonds. The first-order valence-electron chi connectivity index (χ1n) is 12.1. The van der Waals surface area contributed by atoms with Gasteiger partial charge in [0.2, 0.25) is 0 Å². The van der Waals surface area contributed by atoms with E-state index in [9.17, 15) is 17.6 Å². The normalized spacial score (nSPS) is 11.0. The van der Waals surface area contributed by atoms with Crippen LogP contribution in [-0.2, 0) is 6.42 Å². The minimum absolute atomic E-state index is 0.0671. The molecule has 0 saturated heterocycles. The summed E-state index contributed by atoms with van der Waals surface area (Å²) in [5.41, 5.74) is 2.65. The largest absolute Gasteiger partial charge is 0.429 e. The van der Waals surface area contributed by atoms with E-state index in [0.29, 0.717) is 10.9 Å². The summed E-state index contributed by atoms with van der Waals surface area (Å²) in [4.78, 5) is 0. The molecule has 0 bridgehead atoms. The van der Waals surface area contributed by atoms with Gasteiger partial charge in [0.1, 0.15) is 5.82 Å². The number of halogens is 5. The molecule has 4 rings (SSSR count). The minimum Gasteiger partial charge on any atom is -0.429 e. The van der Waals surface area contributed by atoms with Gasteiger partial charge >= 0.3 is 6.61 Å². The van der Waals surface area contributed by atoms with Crippen molar-refractivity contribution in [3.05, 3.63) is 101 Å². The van der Waals surface area contributed by atoms with E-state index in [4.69, 9.17) is 0 Å². The van der Waals surface area contributed by atoms with Gasteiger partial charge in [-0.3, -0.25) is 0 Å². The molecule has 0 spiro atoms. The summed E-state index contributed by atoms with van der Waals surface area (Å²) in [5, 5.41) is 0.804. The Bertz CT molecular complexity index is 1430. The summed E-state index contributed by atoms with van der Waals surface area (Å²) >= 11 is 0. The molecule has 0 heterocycles. The predicted octanol–water partition coefficient (Wildman–Crippen LogP) is 9.05. The summed E-state index contributed by atoms with van der Waals surface area (Å²) in [5.74, 6) is 1.63. The molecule has 0 N–H and O–H groups in total. The molecule has 0 unspecified atom stereocenters. The molecule has 0 fully saturated rings. The molecule has 0 aliphatic rings. The first-order chi connectivity index (χ1) is 17.9. The van der Waals surface area contributed by atoms with Crippen LogP contribution in [0.4, 0.5) is 22.0 Å². The van der Waals surface area contributed by atoms with Crippen LogP contribution >= 0.6 is 0 Å². The fraction of sp³-hybridized carbons (Fsp3) is 0.226. The lowest BCUT2D eigenvalue weighted by Crippen LogP contribution is -2.06. The Morgan fingerprint density at radius 1 is 0.757 bits per heavy atom. The van der Waals surface area contributed by atoms with Gasteiger partial charge in [-0.1, -0.05) is 68.4 Å². The van der Waals surface area contributed by atoms with Crippen molar-refractivity contribution in [1.82, 2.24) is 0 Å². The third-order valence-electron chi connectivity index (χ3n) is 6.09. The van der Waals surface area contributed by atoms with Gasteiger partial charge in [0, 0.05) is 22.1 Å². The molecular weight excluding hydrogens is 483 g/mol.